The third kappa shape index (κ3) is 2.53. The van der Waals surface area contributed by atoms with Crippen LogP contribution in [0.1, 0.15) is 46.7 Å². The Morgan fingerprint density at radius 3 is 2.79 bits per heavy atom. The van der Waals surface area contributed by atoms with Crippen LogP contribution in [0.4, 0.5) is 4.39 Å². The number of aromatic nitrogens is 2. The van der Waals surface area contributed by atoms with E-state index >= 15 is 4.39 Å². The lowest BCUT2D eigenvalue weighted by molar-refractivity contribution is -0.172. The summed E-state index contributed by atoms with van der Waals surface area (Å²) in [5.74, 6) is -1.11. The zero-order valence-electron chi connectivity index (χ0n) is 18.7. The minimum absolute atomic E-state index is 0.0754. The van der Waals surface area contributed by atoms with Gasteiger partial charge in [0.2, 0.25) is 0 Å². The predicted molar refractivity (Wildman–Crippen MR) is 119 cm³/mol. The van der Waals surface area contributed by atoms with Gasteiger partial charge < -0.3 is 19.7 Å². The number of pyridine rings is 2. The van der Waals surface area contributed by atoms with Crippen LogP contribution in [0.25, 0.3) is 22.3 Å². The van der Waals surface area contributed by atoms with Gasteiger partial charge in [-0.25, -0.2) is 14.2 Å². The van der Waals surface area contributed by atoms with Gasteiger partial charge in [0, 0.05) is 22.6 Å². The number of hydrogen-bond donors (Lipinski definition) is 2. The second-order valence-corrected chi connectivity index (χ2v) is 9.30. The standard InChI is InChI=1S/C25H24FN3O4/c1-4-25(32)17-8-18-21-15(9-29(18)23(30)16(17)10-33-24(25)31)14-7-13(27-3)6-12-5-11(2)20(26)22(28-21)19(12)14/h5,8,13,27,32H,4,6-7,9-10H2,1-3H3/t13-,25-/m0/s1. The van der Waals surface area contributed by atoms with Crippen molar-refractivity contribution < 1.29 is 19.0 Å². The molecule has 33 heavy (non-hydrogen) atoms. The van der Waals surface area contributed by atoms with Crippen LogP contribution in [-0.4, -0.2) is 33.7 Å². The Morgan fingerprint density at radius 2 is 2.06 bits per heavy atom. The van der Waals surface area contributed by atoms with Crippen molar-refractivity contribution in [1.29, 1.82) is 0 Å². The van der Waals surface area contributed by atoms with E-state index < -0.39 is 11.6 Å². The number of nitrogens with one attached hydrogen (secondary N) is 1. The monoisotopic (exact) mass is 449 g/mol. The average molecular weight is 449 g/mol. The first-order chi connectivity index (χ1) is 15.8. The van der Waals surface area contributed by atoms with Gasteiger partial charge in [-0.3, -0.25) is 4.79 Å². The summed E-state index contributed by atoms with van der Waals surface area (Å²) >= 11 is 0. The number of likely N-dealkylation sites (N-methyl/N-ethyl adjacent to an activating group) is 1. The highest BCUT2D eigenvalue weighted by Crippen LogP contribution is 2.43. The molecule has 2 N–H and O–H groups in total. The molecule has 8 heteroatoms. The number of ether oxygens (including phenoxy) is 1. The zero-order valence-corrected chi connectivity index (χ0v) is 18.7. The average Bonchev–Trinajstić information content (AvgIpc) is 3.19. The second kappa shape index (κ2) is 6.71. The molecule has 0 spiro atoms. The summed E-state index contributed by atoms with van der Waals surface area (Å²) in [5, 5.41) is 15.2. The number of fused-ring (bicyclic) bond motifs is 5. The van der Waals surface area contributed by atoms with Crippen LogP contribution in [0.15, 0.2) is 16.9 Å². The van der Waals surface area contributed by atoms with E-state index in [2.05, 4.69) is 5.32 Å². The molecule has 3 aliphatic rings. The highest BCUT2D eigenvalue weighted by Gasteiger charge is 2.45. The number of nitrogens with zero attached hydrogens (tertiary/aromatic N) is 2. The molecule has 0 radical (unpaired) electrons. The summed E-state index contributed by atoms with van der Waals surface area (Å²) in [5.41, 5.74) is 3.22. The van der Waals surface area contributed by atoms with Crippen molar-refractivity contribution in [3.63, 3.8) is 0 Å². The zero-order chi connectivity index (χ0) is 23.2. The lowest BCUT2D eigenvalue weighted by Gasteiger charge is -2.31. The Labute approximate surface area is 189 Å². The number of carbonyl (C=O) groups excluding carboxylic acids is 1. The van der Waals surface area contributed by atoms with Crippen LogP contribution in [0.2, 0.25) is 0 Å². The van der Waals surface area contributed by atoms with E-state index in [0.717, 1.165) is 28.5 Å². The molecule has 0 amide bonds. The van der Waals surface area contributed by atoms with Gasteiger partial charge in [-0.05, 0) is 56.0 Å². The van der Waals surface area contributed by atoms with Crippen LogP contribution in [-0.2, 0) is 41.1 Å². The highest BCUT2D eigenvalue weighted by atomic mass is 19.1. The van der Waals surface area contributed by atoms with Crippen molar-refractivity contribution in [1.82, 2.24) is 14.9 Å². The van der Waals surface area contributed by atoms with Gasteiger partial charge in [0.1, 0.15) is 12.1 Å². The fourth-order valence-electron chi connectivity index (χ4n) is 5.73. The molecule has 3 aromatic rings. The van der Waals surface area contributed by atoms with Gasteiger partial charge in [-0.1, -0.05) is 13.0 Å². The Morgan fingerprint density at radius 1 is 1.27 bits per heavy atom. The first-order valence-electron chi connectivity index (χ1n) is 11.3. The molecule has 0 bridgehead atoms. The number of aryl methyl sites for hydroxylation is 1. The summed E-state index contributed by atoms with van der Waals surface area (Å²) in [4.78, 5) is 30.6. The minimum atomic E-state index is -1.89. The van der Waals surface area contributed by atoms with Gasteiger partial charge in [0.25, 0.3) is 5.56 Å². The second-order valence-electron chi connectivity index (χ2n) is 9.30. The van der Waals surface area contributed by atoms with Gasteiger partial charge in [0.15, 0.2) is 11.4 Å². The van der Waals surface area contributed by atoms with Crippen molar-refractivity contribution in [3.8, 4) is 11.4 Å². The van der Waals surface area contributed by atoms with E-state index in [-0.39, 0.29) is 41.6 Å². The maximum Gasteiger partial charge on any atom is 0.343 e. The normalized spacial score (nSPS) is 22.7. The number of benzene rings is 1. The van der Waals surface area contributed by atoms with Gasteiger partial charge in [-0.15, -0.1) is 0 Å². The number of hydrogen-bond acceptors (Lipinski definition) is 6. The molecule has 2 atom stereocenters. The maximum atomic E-state index is 15.3. The van der Waals surface area contributed by atoms with Gasteiger partial charge >= 0.3 is 5.97 Å². The fraction of sp³-hybridized carbons (Fsp3) is 0.400. The summed E-state index contributed by atoms with van der Waals surface area (Å²) < 4.78 is 22.0. The first-order valence-corrected chi connectivity index (χ1v) is 11.3. The third-order valence-electron chi connectivity index (χ3n) is 7.61. The van der Waals surface area contributed by atoms with Gasteiger partial charge in [0.05, 0.1) is 23.5 Å². The number of rotatable bonds is 2. The summed E-state index contributed by atoms with van der Waals surface area (Å²) in [6.07, 6.45) is 1.56. The number of carbonyl (C=O) groups is 1. The lowest BCUT2D eigenvalue weighted by atomic mass is 9.83. The highest BCUT2D eigenvalue weighted by molar-refractivity contribution is 5.93. The van der Waals surface area contributed by atoms with E-state index in [1.54, 1.807) is 24.5 Å². The van der Waals surface area contributed by atoms with Crippen molar-refractivity contribution in [3.05, 3.63) is 61.7 Å². The molecule has 0 saturated heterocycles. The summed E-state index contributed by atoms with van der Waals surface area (Å²) in [6, 6.07) is 3.77. The Hall–Kier alpha value is -3.10. The molecule has 1 aromatic carbocycles. The van der Waals surface area contributed by atoms with E-state index in [0.29, 0.717) is 35.4 Å². The largest absolute Gasteiger partial charge is 0.458 e. The molecule has 2 aromatic heterocycles. The maximum absolute atomic E-state index is 15.3. The molecule has 170 valence electrons. The fourth-order valence-corrected chi connectivity index (χ4v) is 5.73. The predicted octanol–water partition coefficient (Wildman–Crippen LogP) is 2.21. The van der Waals surface area contributed by atoms with Crippen LogP contribution in [0.5, 0.6) is 0 Å². The van der Waals surface area contributed by atoms with Crippen molar-refractivity contribution in [2.24, 2.45) is 0 Å². The number of esters is 1. The molecule has 2 aliphatic heterocycles. The Balaban J connectivity index is 1.68. The van der Waals surface area contributed by atoms with Crippen LogP contribution < -0.4 is 10.9 Å². The van der Waals surface area contributed by atoms with E-state index in [4.69, 9.17) is 9.72 Å². The van der Waals surface area contributed by atoms with E-state index in [9.17, 15) is 14.7 Å². The summed E-state index contributed by atoms with van der Waals surface area (Å²) in [7, 11) is 1.92. The molecule has 1 aliphatic carbocycles. The molecule has 0 fully saturated rings. The third-order valence-corrected chi connectivity index (χ3v) is 7.61. The lowest BCUT2D eigenvalue weighted by Crippen LogP contribution is -2.44. The van der Waals surface area contributed by atoms with Crippen LogP contribution in [0.3, 0.4) is 0 Å². The molecule has 0 saturated carbocycles. The number of cyclic esters (lactones) is 1. The smallest absolute Gasteiger partial charge is 0.343 e. The van der Waals surface area contributed by atoms with E-state index in [1.807, 2.05) is 13.1 Å². The number of aliphatic hydroxyl groups is 1. The quantitative estimate of drug-likeness (QED) is 0.456. The molecule has 4 heterocycles. The van der Waals surface area contributed by atoms with Crippen molar-refractivity contribution in [2.75, 3.05) is 7.05 Å². The Kier molecular flexibility index (Phi) is 4.17. The molecule has 0 unspecified atom stereocenters. The van der Waals surface area contributed by atoms with Crippen molar-refractivity contribution in [2.45, 2.75) is 57.9 Å². The van der Waals surface area contributed by atoms with E-state index in [1.165, 1.54) is 0 Å². The topological polar surface area (TPSA) is 93.5 Å². The number of halogens is 1. The minimum Gasteiger partial charge on any atom is -0.458 e. The van der Waals surface area contributed by atoms with Crippen molar-refractivity contribution >= 4 is 16.9 Å². The molecular formula is C25H24FN3O4. The van der Waals surface area contributed by atoms with Crippen LogP contribution in [0, 0.1) is 12.7 Å². The van der Waals surface area contributed by atoms with Crippen LogP contribution >= 0.6 is 0 Å². The SMILES string of the molecule is CC[C@@]1(O)C(=O)OCc2c1cc1n(c2=O)Cc2c-1nc1c(F)c(C)cc3c1c2C[C@@H](NC)C3. The summed E-state index contributed by atoms with van der Waals surface area (Å²) in [6.45, 7) is 3.56. The molecule has 7 nitrogen and oxygen atoms in total. The molecule has 6 rings (SSSR count). The molecular weight excluding hydrogens is 425 g/mol. The Bertz CT molecular complexity index is 1460. The van der Waals surface area contributed by atoms with Gasteiger partial charge in [-0.2, -0.15) is 0 Å². The first kappa shape index (κ1) is 20.5.